The molecule has 21 heavy (non-hydrogen) atoms. The zero-order valence-corrected chi connectivity index (χ0v) is 12.4. The van der Waals surface area contributed by atoms with Gasteiger partial charge in [-0.2, -0.15) is 8.42 Å². The van der Waals surface area contributed by atoms with E-state index in [1.54, 1.807) is 0 Å². The number of aliphatic carboxylic acids is 2. The Labute approximate surface area is 124 Å². The minimum atomic E-state index is -4.74. The lowest BCUT2D eigenvalue weighted by molar-refractivity contribution is -0.147. The van der Waals surface area contributed by atoms with Gasteiger partial charge in [-0.25, -0.2) is 4.79 Å². The highest BCUT2D eigenvalue weighted by Gasteiger charge is 2.39. The standard InChI is InChI=1S/C10H14FNO7S2/c11-21(18,19)5-6-1-8(13)12(2-6)7(10(16)17)3-20-4-9(14)15/h6-7H,1-5H2,(H,14,15)(H,16,17)/t6?,7-/m0/s1. The van der Waals surface area contributed by atoms with E-state index in [0.29, 0.717) is 0 Å². The third-order valence-corrected chi connectivity index (χ3v) is 4.71. The highest BCUT2D eigenvalue weighted by atomic mass is 32.3. The average molecular weight is 343 g/mol. The summed E-state index contributed by atoms with van der Waals surface area (Å²) in [6.07, 6.45) is -0.240. The molecule has 1 heterocycles. The zero-order valence-electron chi connectivity index (χ0n) is 10.8. The second kappa shape index (κ2) is 7.07. The molecule has 1 rings (SSSR count). The van der Waals surface area contributed by atoms with Crippen LogP contribution in [0.2, 0.25) is 0 Å². The number of nitrogens with zero attached hydrogens (tertiary/aromatic N) is 1. The molecule has 1 unspecified atom stereocenters. The fourth-order valence-corrected chi connectivity index (χ4v) is 3.68. The highest BCUT2D eigenvalue weighted by Crippen LogP contribution is 2.24. The molecule has 8 nitrogen and oxygen atoms in total. The van der Waals surface area contributed by atoms with Crippen molar-refractivity contribution in [2.45, 2.75) is 12.5 Å². The number of carbonyl (C=O) groups is 3. The number of carbonyl (C=O) groups excluding carboxylic acids is 1. The second-order valence-corrected chi connectivity index (χ2v) is 7.03. The Bertz CT molecular complexity index is 536. The summed E-state index contributed by atoms with van der Waals surface area (Å²) < 4.78 is 33.7. The van der Waals surface area contributed by atoms with E-state index < -0.39 is 45.8 Å². The van der Waals surface area contributed by atoms with Gasteiger partial charge in [-0.05, 0) is 0 Å². The van der Waals surface area contributed by atoms with E-state index in [1.165, 1.54) is 0 Å². The summed E-state index contributed by atoms with van der Waals surface area (Å²) >= 11 is 0.834. The summed E-state index contributed by atoms with van der Waals surface area (Å²) in [7, 11) is -4.74. The maximum absolute atomic E-state index is 12.6. The Morgan fingerprint density at radius 3 is 2.52 bits per heavy atom. The number of carboxylic acids is 2. The van der Waals surface area contributed by atoms with E-state index in [1.807, 2.05) is 0 Å². The monoisotopic (exact) mass is 343 g/mol. The van der Waals surface area contributed by atoms with Crippen molar-refractivity contribution >= 4 is 39.8 Å². The smallest absolute Gasteiger partial charge is 0.327 e. The molecule has 0 saturated carbocycles. The van der Waals surface area contributed by atoms with Crippen molar-refractivity contribution in [1.82, 2.24) is 4.90 Å². The summed E-state index contributed by atoms with van der Waals surface area (Å²) in [5.74, 6) is -5.07. The van der Waals surface area contributed by atoms with E-state index in [4.69, 9.17) is 10.2 Å². The van der Waals surface area contributed by atoms with Gasteiger partial charge in [0.1, 0.15) is 6.04 Å². The average Bonchev–Trinajstić information content (AvgIpc) is 2.62. The Morgan fingerprint density at radius 2 is 2.05 bits per heavy atom. The van der Waals surface area contributed by atoms with Gasteiger partial charge in [0.25, 0.3) is 0 Å². The molecule has 0 bridgehead atoms. The summed E-state index contributed by atoms with van der Waals surface area (Å²) in [6, 6.07) is -1.26. The van der Waals surface area contributed by atoms with Crippen LogP contribution < -0.4 is 0 Å². The normalized spacial score (nSPS) is 20.5. The van der Waals surface area contributed by atoms with Gasteiger partial charge < -0.3 is 15.1 Å². The van der Waals surface area contributed by atoms with Gasteiger partial charge in [-0.1, -0.05) is 0 Å². The van der Waals surface area contributed by atoms with Gasteiger partial charge >= 0.3 is 22.2 Å². The van der Waals surface area contributed by atoms with Crippen LogP contribution in [0.5, 0.6) is 0 Å². The van der Waals surface area contributed by atoms with E-state index in [9.17, 15) is 26.7 Å². The first-order valence-electron chi connectivity index (χ1n) is 5.84. The van der Waals surface area contributed by atoms with Crippen molar-refractivity contribution in [1.29, 1.82) is 0 Å². The van der Waals surface area contributed by atoms with Crippen LogP contribution >= 0.6 is 11.8 Å². The first-order valence-corrected chi connectivity index (χ1v) is 8.55. The number of halogens is 1. The Kier molecular flexibility index (Phi) is 5.96. The van der Waals surface area contributed by atoms with Crippen molar-refractivity contribution in [3.8, 4) is 0 Å². The van der Waals surface area contributed by atoms with Crippen molar-refractivity contribution in [2.24, 2.45) is 5.92 Å². The maximum Gasteiger partial charge on any atom is 0.327 e. The van der Waals surface area contributed by atoms with E-state index in [-0.39, 0.29) is 24.5 Å². The summed E-state index contributed by atoms with van der Waals surface area (Å²) in [4.78, 5) is 34.2. The molecule has 2 atom stereocenters. The van der Waals surface area contributed by atoms with Crippen molar-refractivity contribution in [3.63, 3.8) is 0 Å². The molecule has 0 aromatic carbocycles. The van der Waals surface area contributed by atoms with Gasteiger partial charge in [0, 0.05) is 24.6 Å². The topological polar surface area (TPSA) is 129 Å². The molecule has 0 aromatic heterocycles. The lowest BCUT2D eigenvalue weighted by atomic mass is 10.1. The van der Waals surface area contributed by atoms with Crippen LogP contribution in [0.1, 0.15) is 6.42 Å². The maximum atomic E-state index is 12.6. The zero-order chi connectivity index (χ0) is 16.2. The fraction of sp³-hybridized carbons (Fsp3) is 0.700. The largest absolute Gasteiger partial charge is 0.481 e. The third kappa shape index (κ3) is 5.87. The molecule has 1 aliphatic rings. The van der Waals surface area contributed by atoms with Gasteiger partial charge in [-0.3, -0.25) is 9.59 Å². The lowest BCUT2D eigenvalue weighted by Crippen LogP contribution is -2.44. The van der Waals surface area contributed by atoms with Crippen LogP contribution in [-0.2, 0) is 24.6 Å². The van der Waals surface area contributed by atoms with E-state index >= 15 is 0 Å². The summed E-state index contributed by atoms with van der Waals surface area (Å²) in [5, 5.41) is 17.6. The Morgan fingerprint density at radius 1 is 1.43 bits per heavy atom. The summed E-state index contributed by atoms with van der Waals surface area (Å²) in [6.45, 7) is -0.174. The molecule has 1 amide bonds. The van der Waals surface area contributed by atoms with Crippen LogP contribution in [0.3, 0.4) is 0 Å². The first-order chi connectivity index (χ1) is 9.60. The van der Waals surface area contributed by atoms with Crippen LogP contribution in [0.15, 0.2) is 0 Å². The predicted octanol–water partition coefficient (Wildman–Crippen LogP) is -0.595. The minimum Gasteiger partial charge on any atom is -0.481 e. The molecule has 0 radical (unpaired) electrons. The lowest BCUT2D eigenvalue weighted by Gasteiger charge is -2.24. The van der Waals surface area contributed by atoms with Crippen LogP contribution in [0.25, 0.3) is 0 Å². The second-order valence-electron chi connectivity index (χ2n) is 4.58. The molecular weight excluding hydrogens is 329 g/mol. The molecule has 0 aliphatic carbocycles. The molecule has 1 aliphatic heterocycles. The molecule has 0 spiro atoms. The number of rotatable bonds is 8. The molecular formula is C10H14FNO7S2. The summed E-state index contributed by atoms with van der Waals surface area (Å²) in [5.41, 5.74) is 0. The molecule has 1 saturated heterocycles. The fourth-order valence-electron chi connectivity index (χ4n) is 2.06. The van der Waals surface area contributed by atoms with Gasteiger partial charge in [0.15, 0.2) is 0 Å². The van der Waals surface area contributed by atoms with Gasteiger partial charge in [0.2, 0.25) is 5.91 Å². The highest BCUT2D eigenvalue weighted by molar-refractivity contribution is 8.00. The molecule has 0 aromatic rings. The Hall–Kier alpha value is -1.36. The van der Waals surface area contributed by atoms with Crippen LogP contribution in [-0.4, -0.2) is 71.2 Å². The molecule has 11 heteroatoms. The van der Waals surface area contributed by atoms with Crippen LogP contribution in [0.4, 0.5) is 3.89 Å². The van der Waals surface area contributed by atoms with E-state index in [2.05, 4.69) is 0 Å². The quantitative estimate of drug-likeness (QED) is 0.559. The number of hydrogen-bond acceptors (Lipinski definition) is 6. The first kappa shape index (κ1) is 17.7. The number of amides is 1. The molecule has 2 N–H and O–H groups in total. The van der Waals surface area contributed by atoms with E-state index in [0.717, 1.165) is 16.7 Å². The number of hydrogen-bond donors (Lipinski definition) is 2. The minimum absolute atomic E-state index is 0.136. The molecule has 1 fully saturated rings. The van der Waals surface area contributed by atoms with Crippen molar-refractivity contribution in [2.75, 3.05) is 23.8 Å². The number of thioether (sulfide) groups is 1. The number of likely N-dealkylation sites (tertiary alicyclic amines) is 1. The SMILES string of the molecule is O=C(O)CSC[C@@H](C(=O)O)N1CC(CS(=O)(=O)F)CC1=O. The van der Waals surface area contributed by atoms with Crippen LogP contribution in [0, 0.1) is 5.92 Å². The molecule has 120 valence electrons. The van der Waals surface area contributed by atoms with Gasteiger partial charge in [-0.15, -0.1) is 15.6 Å². The van der Waals surface area contributed by atoms with Gasteiger partial charge in [0.05, 0.1) is 11.5 Å². The third-order valence-electron chi connectivity index (χ3n) is 2.84. The van der Waals surface area contributed by atoms with Crippen molar-refractivity contribution in [3.05, 3.63) is 0 Å². The number of carboxylic acid groups (broad SMARTS) is 2. The van der Waals surface area contributed by atoms with Crippen molar-refractivity contribution < 1.29 is 36.9 Å². The Balaban J connectivity index is 2.68. The predicted molar refractivity (Wildman–Crippen MR) is 71.1 cm³/mol.